The Kier molecular flexibility index (Phi) is 10.3. The van der Waals surface area contributed by atoms with Crippen LogP contribution in [0.2, 0.25) is 0 Å². The van der Waals surface area contributed by atoms with Crippen molar-refractivity contribution in [3.63, 3.8) is 0 Å². The first-order chi connectivity index (χ1) is 11.6. The molecule has 134 valence electrons. The SMILES string of the molecule is CCCCCCC(CCC(=O)O)OC(=O)OCCc1ccccc1. The van der Waals surface area contributed by atoms with Crippen molar-refractivity contribution in [1.29, 1.82) is 0 Å². The number of carbonyl (C=O) groups excluding carboxylic acids is 1. The number of aliphatic carboxylic acids is 1. The van der Waals surface area contributed by atoms with Crippen LogP contribution in [-0.2, 0) is 20.7 Å². The Hall–Kier alpha value is -2.04. The first-order valence-corrected chi connectivity index (χ1v) is 8.71. The van der Waals surface area contributed by atoms with Gasteiger partial charge in [-0.2, -0.15) is 0 Å². The van der Waals surface area contributed by atoms with Crippen molar-refractivity contribution in [2.45, 2.75) is 64.4 Å². The quantitative estimate of drug-likeness (QED) is 0.446. The lowest BCUT2D eigenvalue weighted by Gasteiger charge is -2.17. The molecule has 0 saturated carbocycles. The van der Waals surface area contributed by atoms with E-state index >= 15 is 0 Å². The summed E-state index contributed by atoms with van der Waals surface area (Å²) in [5.41, 5.74) is 1.09. The van der Waals surface area contributed by atoms with Gasteiger partial charge in [0.2, 0.25) is 0 Å². The summed E-state index contributed by atoms with van der Waals surface area (Å²) >= 11 is 0. The van der Waals surface area contributed by atoms with Gasteiger partial charge in [0.25, 0.3) is 0 Å². The summed E-state index contributed by atoms with van der Waals surface area (Å²) in [5.74, 6) is -0.880. The van der Waals surface area contributed by atoms with Gasteiger partial charge in [-0.1, -0.05) is 56.5 Å². The van der Waals surface area contributed by atoms with Crippen molar-refractivity contribution in [2.75, 3.05) is 6.61 Å². The van der Waals surface area contributed by atoms with Gasteiger partial charge in [0.1, 0.15) is 6.10 Å². The van der Waals surface area contributed by atoms with Crippen LogP contribution in [0.3, 0.4) is 0 Å². The predicted octanol–water partition coefficient (Wildman–Crippen LogP) is 4.59. The maximum atomic E-state index is 11.8. The van der Waals surface area contributed by atoms with E-state index in [4.69, 9.17) is 14.6 Å². The second-order valence-electron chi connectivity index (χ2n) is 5.86. The van der Waals surface area contributed by atoms with E-state index in [0.717, 1.165) is 31.2 Å². The van der Waals surface area contributed by atoms with E-state index in [9.17, 15) is 9.59 Å². The van der Waals surface area contributed by atoms with E-state index in [-0.39, 0.29) is 19.1 Å². The van der Waals surface area contributed by atoms with Gasteiger partial charge < -0.3 is 14.6 Å². The van der Waals surface area contributed by atoms with Crippen molar-refractivity contribution < 1.29 is 24.2 Å². The Balaban J connectivity index is 2.30. The zero-order valence-electron chi connectivity index (χ0n) is 14.4. The van der Waals surface area contributed by atoms with Gasteiger partial charge in [0.05, 0.1) is 6.61 Å². The normalized spacial score (nSPS) is 11.7. The molecule has 0 saturated heterocycles. The molecule has 0 amide bonds. The van der Waals surface area contributed by atoms with Gasteiger partial charge in [0.15, 0.2) is 0 Å². The van der Waals surface area contributed by atoms with E-state index in [2.05, 4.69) is 6.92 Å². The minimum Gasteiger partial charge on any atom is -0.481 e. The van der Waals surface area contributed by atoms with Crippen LogP contribution in [-0.4, -0.2) is 29.9 Å². The number of rotatable bonds is 12. The number of carboxylic acids is 1. The van der Waals surface area contributed by atoms with E-state index in [1.54, 1.807) is 0 Å². The van der Waals surface area contributed by atoms with Crippen molar-refractivity contribution in [3.8, 4) is 0 Å². The van der Waals surface area contributed by atoms with Gasteiger partial charge in [-0.15, -0.1) is 0 Å². The third kappa shape index (κ3) is 9.87. The van der Waals surface area contributed by atoms with Crippen LogP contribution in [0.25, 0.3) is 0 Å². The lowest BCUT2D eigenvalue weighted by molar-refractivity contribution is -0.137. The number of carbonyl (C=O) groups is 2. The molecule has 0 fully saturated rings. The Morgan fingerprint density at radius 1 is 1.08 bits per heavy atom. The smallest absolute Gasteiger partial charge is 0.481 e. The molecule has 0 aromatic heterocycles. The summed E-state index contributed by atoms with van der Waals surface area (Å²) in [5, 5.41) is 8.80. The molecule has 1 unspecified atom stereocenters. The Morgan fingerprint density at radius 3 is 2.50 bits per heavy atom. The first kappa shape index (κ1) is 20.0. The van der Waals surface area contributed by atoms with Gasteiger partial charge in [-0.05, 0) is 24.8 Å². The van der Waals surface area contributed by atoms with Crippen LogP contribution >= 0.6 is 0 Å². The highest BCUT2D eigenvalue weighted by atomic mass is 16.7. The molecule has 24 heavy (non-hydrogen) atoms. The lowest BCUT2D eigenvalue weighted by atomic mass is 10.1. The monoisotopic (exact) mass is 336 g/mol. The van der Waals surface area contributed by atoms with Crippen LogP contribution in [0.1, 0.15) is 57.4 Å². The minimum atomic E-state index is -0.880. The Bertz CT molecular complexity index is 472. The fraction of sp³-hybridized carbons (Fsp3) is 0.579. The Labute approximate surface area is 144 Å². The number of hydrogen-bond acceptors (Lipinski definition) is 4. The zero-order chi connectivity index (χ0) is 17.6. The third-order valence-electron chi connectivity index (χ3n) is 3.78. The standard InChI is InChI=1S/C19H28O5/c1-2-3-4-8-11-17(12-13-18(20)21)24-19(22)23-15-14-16-9-6-5-7-10-16/h5-7,9-10,17H,2-4,8,11-15H2,1H3,(H,20,21). The van der Waals surface area contributed by atoms with Crippen LogP contribution < -0.4 is 0 Å². The summed E-state index contributed by atoms with van der Waals surface area (Å²) in [6, 6.07) is 9.75. The highest BCUT2D eigenvalue weighted by Gasteiger charge is 2.16. The molecule has 0 heterocycles. The molecule has 1 rings (SSSR count). The van der Waals surface area contributed by atoms with Crippen molar-refractivity contribution >= 4 is 12.1 Å². The summed E-state index contributed by atoms with van der Waals surface area (Å²) in [7, 11) is 0. The molecule has 0 spiro atoms. The number of carboxylic acid groups (broad SMARTS) is 1. The lowest BCUT2D eigenvalue weighted by Crippen LogP contribution is -2.21. The number of benzene rings is 1. The largest absolute Gasteiger partial charge is 0.508 e. The summed E-state index contributed by atoms with van der Waals surface area (Å²) in [6.45, 7) is 2.38. The van der Waals surface area contributed by atoms with Crippen molar-refractivity contribution in [2.24, 2.45) is 0 Å². The van der Waals surface area contributed by atoms with Crippen molar-refractivity contribution in [3.05, 3.63) is 35.9 Å². The fourth-order valence-corrected chi connectivity index (χ4v) is 2.41. The predicted molar refractivity (Wildman–Crippen MR) is 92.0 cm³/mol. The molecule has 1 aromatic carbocycles. The number of ether oxygens (including phenoxy) is 2. The average Bonchev–Trinajstić information content (AvgIpc) is 2.57. The summed E-state index contributed by atoms with van der Waals surface area (Å²) in [6.07, 6.45) is 4.79. The van der Waals surface area contributed by atoms with E-state index < -0.39 is 12.1 Å². The molecule has 5 heteroatoms. The summed E-state index contributed by atoms with van der Waals surface area (Å²) < 4.78 is 10.4. The van der Waals surface area contributed by atoms with Gasteiger partial charge in [-0.25, -0.2) is 4.79 Å². The molecule has 1 aromatic rings. The first-order valence-electron chi connectivity index (χ1n) is 8.71. The van der Waals surface area contributed by atoms with E-state index in [1.165, 1.54) is 0 Å². The van der Waals surface area contributed by atoms with Gasteiger partial charge >= 0.3 is 12.1 Å². The van der Waals surface area contributed by atoms with Crippen LogP contribution in [0.15, 0.2) is 30.3 Å². The number of hydrogen-bond donors (Lipinski definition) is 1. The molecule has 1 N–H and O–H groups in total. The highest BCUT2D eigenvalue weighted by Crippen LogP contribution is 2.14. The molecule has 0 aliphatic carbocycles. The topological polar surface area (TPSA) is 72.8 Å². The molecule has 0 bridgehead atoms. The van der Waals surface area contributed by atoms with Gasteiger partial charge in [0, 0.05) is 12.8 Å². The number of unbranched alkanes of at least 4 members (excludes halogenated alkanes) is 3. The molecule has 0 aliphatic heterocycles. The maximum absolute atomic E-state index is 11.8. The fourth-order valence-electron chi connectivity index (χ4n) is 2.41. The second kappa shape index (κ2) is 12.4. The van der Waals surface area contributed by atoms with Crippen LogP contribution in [0, 0.1) is 0 Å². The molecule has 0 radical (unpaired) electrons. The van der Waals surface area contributed by atoms with E-state index in [0.29, 0.717) is 19.3 Å². The maximum Gasteiger partial charge on any atom is 0.508 e. The second-order valence-corrected chi connectivity index (χ2v) is 5.86. The van der Waals surface area contributed by atoms with Crippen molar-refractivity contribution in [1.82, 2.24) is 0 Å². The minimum absolute atomic E-state index is 0.00423. The molecule has 0 aliphatic rings. The third-order valence-corrected chi connectivity index (χ3v) is 3.78. The average molecular weight is 336 g/mol. The summed E-state index contributed by atoms with van der Waals surface area (Å²) in [4.78, 5) is 22.5. The molecule has 1 atom stereocenters. The van der Waals surface area contributed by atoms with Crippen LogP contribution in [0.4, 0.5) is 4.79 Å². The van der Waals surface area contributed by atoms with Crippen LogP contribution in [0.5, 0.6) is 0 Å². The molecule has 5 nitrogen and oxygen atoms in total. The molecular weight excluding hydrogens is 308 g/mol. The zero-order valence-corrected chi connectivity index (χ0v) is 14.4. The highest BCUT2D eigenvalue weighted by molar-refractivity contribution is 5.66. The van der Waals surface area contributed by atoms with E-state index in [1.807, 2.05) is 30.3 Å². The van der Waals surface area contributed by atoms with Gasteiger partial charge in [-0.3, -0.25) is 4.79 Å². The molecular formula is C19H28O5. The Morgan fingerprint density at radius 2 is 1.83 bits per heavy atom.